The van der Waals surface area contributed by atoms with Crippen molar-refractivity contribution in [1.29, 1.82) is 0 Å². The lowest BCUT2D eigenvalue weighted by atomic mass is 10.2. The number of benzene rings is 1. The number of carbonyl (C=O) groups excluding carboxylic acids is 1. The average Bonchev–Trinajstić information content (AvgIpc) is 2.40. The summed E-state index contributed by atoms with van der Waals surface area (Å²) in [6.45, 7) is 0. The third kappa shape index (κ3) is 4.48. The molecule has 0 aliphatic carbocycles. The third-order valence-corrected chi connectivity index (χ3v) is 2.99. The molecule has 1 aromatic rings. The van der Waals surface area contributed by atoms with Crippen LogP contribution in [-0.4, -0.2) is 30.3 Å². The van der Waals surface area contributed by atoms with Gasteiger partial charge < -0.3 is 20.5 Å². The van der Waals surface area contributed by atoms with Gasteiger partial charge in [-0.2, -0.15) is 0 Å². The lowest BCUT2D eigenvalue weighted by Crippen LogP contribution is -2.42. The van der Waals surface area contributed by atoms with E-state index in [1.165, 1.54) is 7.11 Å². The molecule has 0 saturated heterocycles. The van der Waals surface area contributed by atoms with E-state index in [9.17, 15) is 9.59 Å². The minimum absolute atomic E-state index is 0.0909. The molecular weight excluding hydrogens is 328 g/mol. The maximum atomic E-state index is 11.7. The highest BCUT2D eigenvalue weighted by molar-refractivity contribution is 9.10. The molecule has 0 aromatic heterocycles. The van der Waals surface area contributed by atoms with Crippen molar-refractivity contribution in [2.75, 3.05) is 12.4 Å². The van der Waals surface area contributed by atoms with Crippen LogP contribution in [0.25, 0.3) is 0 Å². The minimum Gasteiger partial charge on any atom is -0.495 e. The fourth-order valence-electron chi connectivity index (χ4n) is 1.38. The van der Waals surface area contributed by atoms with Crippen LogP contribution >= 0.6 is 15.9 Å². The van der Waals surface area contributed by atoms with Gasteiger partial charge in [0.1, 0.15) is 11.8 Å². The number of nitrogens with one attached hydrogen (secondary N) is 2. The number of amides is 2. The van der Waals surface area contributed by atoms with Gasteiger partial charge in [-0.25, -0.2) is 9.59 Å². The van der Waals surface area contributed by atoms with Gasteiger partial charge in [-0.05, 0) is 28.1 Å². The number of terminal acetylenes is 1. The molecule has 0 aliphatic heterocycles. The Morgan fingerprint density at radius 3 is 2.80 bits per heavy atom. The number of hydrogen-bond donors (Lipinski definition) is 3. The molecule has 1 aromatic carbocycles. The molecule has 6 nitrogen and oxygen atoms in total. The number of carbonyl (C=O) groups is 2. The van der Waals surface area contributed by atoms with Gasteiger partial charge in [-0.3, -0.25) is 0 Å². The molecule has 1 unspecified atom stereocenters. The Morgan fingerprint density at radius 2 is 2.25 bits per heavy atom. The highest BCUT2D eigenvalue weighted by atomic mass is 79.9. The van der Waals surface area contributed by atoms with E-state index in [4.69, 9.17) is 16.3 Å². The summed E-state index contributed by atoms with van der Waals surface area (Å²) in [5, 5.41) is 13.7. The molecule has 1 atom stereocenters. The quantitative estimate of drug-likeness (QED) is 0.716. The minimum atomic E-state index is -1.19. The van der Waals surface area contributed by atoms with Crippen LogP contribution in [-0.2, 0) is 4.79 Å². The lowest BCUT2D eigenvalue weighted by molar-refractivity contribution is -0.139. The zero-order valence-corrected chi connectivity index (χ0v) is 12.2. The first-order chi connectivity index (χ1) is 9.47. The molecule has 0 bridgehead atoms. The lowest BCUT2D eigenvalue weighted by Gasteiger charge is -2.13. The molecule has 20 heavy (non-hydrogen) atoms. The van der Waals surface area contributed by atoms with Crippen LogP contribution in [0.15, 0.2) is 22.7 Å². The number of urea groups is 1. The van der Waals surface area contributed by atoms with E-state index in [1.807, 2.05) is 0 Å². The highest BCUT2D eigenvalue weighted by Crippen LogP contribution is 2.27. The molecule has 3 N–H and O–H groups in total. The highest BCUT2D eigenvalue weighted by Gasteiger charge is 2.18. The van der Waals surface area contributed by atoms with Crippen molar-refractivity contribution >= 4 is 33.6 Å². The summed E-state index contributed by atoms with van der Waals surface area (Å²) in [5.41, 5.74) is 0.465. The molecule has 0 heterocycles. The Hall–Kier alpha value is -2.20. The predicted molar refractivity (Wildman–Crippen MR) is 77.7 cm³/mol. The van der Waals surface area contributed by atoms with Gasteiger partial charge in [0, 0.05) is 18.2 Å². The van der Waals surface area contributed by atoms with Crippen molar-refractivity contribution in [3.63, 3.8) is 0 Å². The van der Waals surface area contributed by atoms with Crippen LogP contribution in [0.2, 0.25) is 0 Å². The number of aliphatic carboxylic acids is 1. The summed E-state index contributed by atoms with van der Waals surface area (Å²) in [6, 6.07) is 3.16. The molecule has 0 spiro atoms. The molecule has 0 aliphatic rings. The monoisotopic (exact) mass is 340 g/mol. The van der Waals surface area contributed by atoms with Crippen molar-refractivity contribution in [3.8, 4) is 18.1 Å². The normalized spacial score (nSPS) is 11.1. The zero-order valence-electron chi connectivity index (χ0n) is 10.6. The van der Waals surface area contributed by atoms with Crippen molar-refractivity contribution in [1.82, 2.24) is 5.32 Å². The Labute approximate surface area is 124 Å². The van der Waals surface area contributed by atoms with Crippen molar-refractivity contribution < 1.29 is 19.4 Å². The molecule has 0 radical (unpaired) electrons. The Bertz CT molecular complexity index is 554. The zero-order chi connectivity index (χ0) is 15.1. The number of rotatable bonds is 5. The molecule has 2 amide bonds. The second-order valence-electron chi connectivity index (χ2n) is 3.75. The van der Waals surface area contributed by atoms with Crippen LogP contribution in [0.3, 0.4) is 0 Å². The Morgan fingerprint density at radius 1 is 1.55 bits per heavy atom. The summed E-state index contributed by atoms with van der Waals surface area (Å²) < 4.78 is 5.82. The SMILES string of the molecule is C#CCC(NC(=O)Nc1ccc(Br)c(OC)c1)C(=O)O. The second-order valence-corrected chi connectivity index (χ2v) is 4.60. The van der Waals surface area contributed by atoms with Crippen LogP contribution in [0, 0.1) is 12.3 Å². The summed E-state index contributed by atoms with van der Waals surface area (Å²) in [7, 11) is 1.50. The van der Waals surface area contributed by atoms with Crippen molar-refractivity contribution in [3.05, 3.63) is 22.7 Å². The van der Waals surface area contributed by atoms with E-state index in [1.54, 1.807) is 18.2 Å². The number of halogens is 1. The van der Waals surface area contributed by atoms with Gasteiger partial charge in [0.15, 0.2) is 0 Å². The van der Waals surface area contributed by atoms with Gasteiger partial charge in [0.2, 0.25) is 0 Å². The van der Waals surface area contributed by atoms with Crippen molar-refractivity contribution in [2.45, 2.75) is 12.5 Å². The molecule has 0 fully saturated rings. The van der Waals surface area contributed by atoms with E-state index in [2.05, 4.69) is 32.5 Å². The van der Waals surface area contributed by atoms with Crippen molar-refractivity contribution in [2.24, 2.45) is 0 Å². The first-order valence-electron chi connectivity index (χ1n) is 5.55. The number of hydrogen-bond acceptors (Lipinski definition) is 3. The fourth-order valence-corrected chi connectivity index (χ4v) is 1.79. The van der Waals surface area contributed by atoms with E-state index >= 15 is 0 Å². The molecule has 1 rings (SSSR count). The van der Waals surface area contributed by atoms with Gasteiger partial charge in [0.05, 0.1) is 11.6 Å². The summed E-state index contributed by atoms with van der Waals surface area (Å²) in [5.74, 6) is 1.55. The van der Waals surface area contributed by atoms with E-state index < -0.39 is 18.0 Å². The molecule has 106 valence electrons. The summed E-state index contributed by atoms with van der Waals surface area (Å²) >= 11 is 3.28. The second kappa shape index (κ2) is 7.40. The van der Waals surface area contributed by atoms with E-state index in [0.29, 0.717) is 11.4 Å². The number of carboxylic acids is 1. The standard InChI is InChI=1S/C13H13BrN2O4/c1-3-4-10(12(17)18)16-13(19)15-8-5-6-9(14)11(7-8)20-2/h1,5-7,10H,4H2,2H3,(H,17,18)(H2,15,16,19). The fraction of sp³-hybridized carbons (Fsp3) is 0.231. The maximum Gasteiger partial charge on any atom is 0.327 e. The first kappa shape index (κ1) is 15.9. The molecule has 0 saturated carbocycles. The average molecular weight is 341 g/mol. The smallest absolute Gasteiger partial charge is 0.327 e. The number of ether oxygens (including phenoxy) is 1. The Kier molecular flexibility index (Phi) is 5.87. The van der Waals surface area contributed by atoms with E-state index in [0.717, 1.165) is 4.47 Å². The van der Waals surface area contributed by atoms with Gasteiger partial charge in [-0.1, -0.05) is 0 Å². The maximum absolute atomic E-state index is 11.7. The number of methoxy groups -OCH3 is 1. The Balaban J connectivity index is 2.71. The summed E-state index contributed by atoms with van der Waals surface area (Å²) in [6.07, 6.45) is 4.95. The van der Waals surface area contributed by atoms with Gasteiger partial charge in [0.25, 0.3) is 0 Å². The third-order valence-electron chi connectivity index (χ3n) is 2.33. The number of carboxylic acid groups (broad SMARTS) is 1. The predicted octanol–water partition coefficient (Wildman–Crippen LogP) is 2.06. The largest absolute Gasteiger partial charge is 0.495 e. The van der Waals surface area contributed by atoms with Gasteiger partial charge in [-0.15, -0.1) is 12.3 Å². The topological polar surface area (TPSA) is 87.7 Å². The van der Waals surface area contributed by atoms with Crippen LogP contribution in [0.5, 0.6) is 5.75 Å². The molecular formula is C13H13BrN2O4. The van der Waals surface area contributed by atoms with Crippen LogP contribution in [0.1, 0.15) is 6.42 Å². The number of anilines is 1. The van der Waals surface area contributed by atoms with E-state index in [-0.39, 0.29) is 6.42 Å². The molecule has 7 heteroatoms. The first-order valence-corrected chi connectivity index (χ1v) is 6.34. The van der Waals surface area contributed by atoms with Gasteiger partial charge >= 0.3 is 12.0 Å². The van der Waals surface area contributed by atoms with Crippen LogP contribution < -0.4 is 15.4 Å². The van der Waals surface area contributed by atoms with Crippen LogP contribution in [0.4, 0.5) is 10.5 Å². The summed E-state index contributed by atoms with van der Waals surface area (Å²) in [4.78, 5) is 22.5.